The van der Waals surface area contributed by atoms with E-state index in [1.165, 1.54) is 18.3 Å². The highest BCUT2D eigenvalue weighted by atomic mass is 35.5. The Morgan fingerprint density at radius 2 is 2.02 bits per heavy atom. The number of fused-ring (bicyclic) bond motifs is 2. The molecule has 9 nitrogen and oxygen atoms in total. The number of hydrogen-bond donors (Lipinski definition) is 1. The van der Waals surface area contributed by atoms with E-state index in [0.717, 1.165) is 18.7 Å². The zero-order chi connectivity index (χ0) is 28.3. The highest BCUT2D eigenvalue weighted by Crippen LogP contribution is 2.51. The first-order valence-electron chi connectivity index (χ1n) is 12.9. The number of piperidine rings is 1. The lowest BCUT2D eigenvalue weighted by Gasteiger charge is -2.31. The van der Waals surface area contributed by atoms with Gasteiger partial charge in [0.25, 0.3) is 5.88 Å². The summed E-state index contributed by atoms with van der Waals surface area (Å²) in [6.07, 6.45) is 4.81. The van der Waals surface area contributed by atoms with E-state index in [9.17, 15) is 19.1 Å². The van der Waals surface area contributed by atoms with E-state index in [1.807, 2.05) is 37.2 Å². The number of benzene rings is 1. The van der Waals surface area contributed by atoms with Crippen molar-refractivity contribution in [3.63, 3.8) is 0 Å². The minimum absolute atomic E-state index is 0.0335. The predicted octanol–water partition coefficient (Wildman–Crippen LogP) is 4.69. The molecule has 2 aliphatic rings. The maximum absolute atomic E-state index is 14.3. The Morgan fingerprint density at radius 3 is 2.73 bits per heavy atom. The van der Waals surface area contributed by atoms with Gasteiger partial charge in [-0.1, -0.05) is 11.6 Å². The van der Waals surface area contributed by atoms with Crippen LogP contribution in [0.4, 0.5) is 15.9 Å². The molecule has 3 aromatic heterocycles. The fraction of sp³-hybridized carbons (Fsp3) is 0.310. The van der Waals surface area contributed by atoms with Crippen LogP contribution < -0.4 is 20.0 Å². The molecule has 206 valence electrons. The average molecular weight is 564 g/mol. The second-order valence-corrected chi connectivity index (χ2v) is 11.0. The largest absolute Gasteiger partial charge is 0.477 e. The molecule has 0 radical (unpaired) electrons. The van der Waals surface area contributed by atoms with Crippen molar-refractivity contribution in [2.75, 3.05) is 30.5 Å². The van der Waals surface area contributed by atoms with E-state index in [4.69, 9.17) is 16.3 Å². The van der Waals surface area contributed by atoms with Crippen LogP contribution in [0.15, 0.2) is 53.6 Å². The maximum atomic E-state index is 14.3. The number of anilines is 2. The summed E-state index contributed by atoms with van der Waals surface area (Å²) in [6, 6.07) is 10.1. The summed E-state index contributed by atoms with van der Waals surface area (Å²) in [4.78, 5) is 37.8. The van der Waals surface area contributed by atoms with Gasteiger partial charge in [-0.05, 0) is 62.1 Å². The summed E-state index contributed by atoms with van der Waals surface area (Å²) in [7, 11) is 3.75. The van der Waals surface area contributed by atoms with Crippen LogP contribution in [0.25, 0.3) is 16.6 Å². The number of halogens is 2. The normalized spacial score (nSPS) is 19.5. The van der Waals surface area contributed by atoms with Gasteiger partial charge in [-0.15, -0.1) is 0 Å². The summed E-state index contributed by atoms with van der Waals surface area (Å²) >= 11 is 6.79. The lowest BCUT2D eigenvalue weighted by molar-refractivity contribution is 0.0695. The van der Waals surface area contributed by atoms with E-state index < -0.39 is 17.2 Å². The molecule has 0 bridgehead atoms. The fourth-order valence-corrected chi connectivity index (χ4v) is 5.82. The molecule has 1 aliphatic carbocycles. The predicted molar refractivity (Wildman–Crippen MR) is 151 cm³/mol. The highest BCUT2D eigenvalue weighted by molar-refractivity contribution is 6.34. The van der Waals surface area contributed by atoms with Gasteiger partial charge in [0.2, 0.25) is 5.43 Å². The molecule has 11 heteroatoms. The van der Waals surface area contributed by atoms with E-state index >= 15 is 0 Å². The Balaban J connectivity index is 1.44. The van der Waals surface area contributed by atoms with Crippen molar-refractivity contribution in [3.05, 3.63) is 81.1 Å². The van der Waals surface area contributed by atoms with Crippen molar-refractivity contribution in [1.82, 2.24) is 14.5 Å². The average Bonchev–Trinajstić information content (AvgIpc) is 3.59. The van der Waals surface area contributed by atoms with Gasteiger partial charge < -0.3 is 24.2 Å². The van der Waals surface area contributed by atoms with E-state index in [2.05, 4.69) is 14.9 Å². The SMILES string of the molecule is Cc1ccc(F)c(OC[C@H]2C[C@H]3C[C@H]3N2c2cc3c(cc2Cl)c(=O)c(C(=O)O)cn3-c2ccc(N(C)C)nc2)n1. The van der Waals surface area contributed by atoms with Gasteiger partial charge in [0, 0.05) is 37.4 Å². The Hall–Kier alpha value is -4.18. The quantitative estimate of drug-likeness (QED) is 0.346. The van der Waals surface area contributed by atoms with Crippen LogP contribution in [-0.2, 0) is 0 Å². The molecule has 1 saturated heterocycles. The third-order valence-electron chi connectivity index (χ3n) is 7.63. The molecule has 0 unspecified atom stereocenters. The van der Waals surface area contributed by atoms with Crippen LogP contribution in [0.2, 0.25) is 5.02 Å². The van der Waals surface area contributed by atoms with Crippen molar-refractivity contribution in [2.45, 2.75) is 31.8 Å². The number of carboxylic acid groups (broad SMARTS) is 1. The second kappa shape index (κ2) is 9.78. The molecule has 1 aliphatic heterocycles. The number of carbonyl (C=O) groups is 1. The number of nitrogens with zero attached hydrogens (tertiary/aromatic N) is 5. The summed E-state index contributed by atoms with van der Waals surface area (Å²) in [5.41, 5.74) is 1.49. The zero-order valence-electron chi connectivity index (χ0n) is 22.1. The van der Waals surface area contributed by atoms with Gasteiger partial charge in [0.05, 0.1) is 34.2 Å². The van der Waals surface area contributed by atoms with Gasteiger partial charge in [-0.25, -0.2) is 19.2 Å². The first kappa shape index (κ1) is 26.1. The number of pyridine rings is 3. The molecule has 1 saturated carbocycles. The van der Waals surface area contributed by atoms with Gasteiger partial charge >= 0.3 is 5.97 Å². The molecule has 1 N–H and O–H groups in total. The Morgan fingerprint density at radius 1 is 1.23 bits per heavy atom. The molecular weight excluding hydrogens is 537 g/mol. The van der Waals surface area contributed by atoms with Gasteiger partial charge in [0.15, 0.2) is 5.82 Å². The summed E-state index contributed by atoms with van der Waals surface area (Å²) in [5, 5.41) is 10.3. The van der Waals surface area contributed by atoms with E-state index in [-0.39, 0.29) is 35.5 Å². The summed E-state index contributed by atoms with van der Waals surface area (Å²) in [6.45, 7) is 1.99. The van der Waals surface area contributed by atoms with Gasteiger partial charge in [-0.2, -0.15) is 0 Å². The number of aromatic carboxylic acids is 1. The molecule has 2 fully saturated rings. The first-order valence-corrected chi connectivity index (χ1v) is 13.3. The van der Waals surface area contributed by atoms with Gasteiger partial charge in [-0.3, -0.25) is 4.79 Å². The molecule has 0 amide bonds. The number of rotatable bonds is 7. The smallest absolute Gasteiger partial charge is 0.341 e. The van der Waals surface area contributed by atoms with Crippen LogP contribution >= 0.6 is 11.6 Å². The Bertz CT molecular complexity index is 1710. The van der Waals surface area contributed by atoms with Crippen molar-refractivity contribution < 1.29 is 19.0 Å². The zero-order valence-corrected chi connectivity index (χ0v) is 22.9. The lowest BCUT2D eigenvalue weighted by Crippen LogP contribution is -2.37. The van der Waals surface area contributed by atoms with Crippen molar-refractivity contribution >= 4 is 40.0 Å². The van der Waals surface area contributed by atoms with Crippen LogP contribution in [0.1, 0.15) is 28.9 Å². The molecule has 6 rings (SSSR count). The molecule has 4 heterocycles. The summed E-state index contributed by atoms with van der Waals surface area (Å²) in [5.74, 6) is -0.677. The molecule has 3 atom stereocenters. The molecular formula is C29H27ClFN5O4. The molecule has 1 aromatic carbocycles. The third-order valence-corrected chi connectivity index (χ3v) is 7.93. The first-order chi connectivity index (χ1) is 19.1. The minimum atomic E-state index is -1.33. The standard InChI is InChI=1S/C29H27ClFN5O4/c1-15-4-6-22(31)28(33-15)40-14-18-8-16-9-23(16)36(18)25-11-24-19(10-21(25)30)27(37)20(29(38)39)13-35(24)17-5-7-26(32-12-17)34(2)3/h4-7,10-13,16,18,23H,8-9,14H2,1-3H3,(H,38,39)/t16-,18+,23+/m0/s1. The molecule has 4 aromatic rings. The van der Waals surface area contributed by atoms with Crippen LogP contribution in [-0.4, -0.2) is 58.4 Å². The van der Waals surface area contributed by atoms with E-state index in [1.54, 1.807) is 23.8 Å². The number of aryl methyl sites for hydroxylation is 1. The van der Waals surface area contributed by atoms with Crippen LogP contribution in [0, 0.1) is 18.7 Å². The van der Waals surface area contributed by atoms with Crippen molar-refractivity contribution in [2.24, 2.45) is 5.92 Å². The number of carboxylic acids is 1. The van der Waals surface area contributed by atoms with E-state index in [0.29, 0.717) is 33.5 Å². The van der Waals surface area contributed by atoms with Crippen molar-refractivity contribution in [1.29, 1.82) is 0 Å². The third kappa shape index (κ3) is 4.52. The Kier molecular flexibility index (Phi) is 6.37. The highest BCUT2D eigenvalue weighted by Gasteiger charge is 2.52. The maximum Gasteiger partial charge on any atom is 0.341 e. The minimum Gasteiger partial charge on any atom is -0.477 e. The topological polar surface area (TPSA) is 101 Å². The monoisotopic (exact) mass is 563 g/mol. The molecule has 0 spiro atoms. The second-order valence-electron chi connectivity index (χ2n) is 10.5. The van der Waals surface area contributed by atoms with Crippen molar-refractivity contribution in [3.8, 4) is 11.6 Å². The Labute approximate surface area is 234 Å². The van der Waals surface area contributed by atoms with Crippen LogP contribution in [0.3, 0.4) is 0 Å². The fourth-order valence-electron chi connectivity index (χ4n) is 5.56. The summed E-state index contributed by atoms with van der Waals surface area (Å²) < 4.78 is 21.8. The number of ether oxygens (including phenoxy) is 1. The molecule has 40 heavy (non-hydrogen) atoms. The van der Waals surface area contributed by atoms with Gasteiger partial charge in [0.1, 0.15) is 18.0 Å². The van der Waals surface area contributed by atoms with Crippen LogP contribution in [0.5, 0.6) is 5.88 Å². The lowest BCUT2D eigenvalue weighted by atomic mass is 10.1. The number of hydrogen-bond acceptors (Lipinski definition) is 7. The number of aromatic nitrogens is 3.